The Bertz CT molecular complexity index is 533. The maximum Gasteiger partial charge on any atom is 0.191 e. The smallest absolute Gasteiger partial charge is 0.191 e. The number of rotatable bonds is 5. The van der Waals surface area contributed by atoms with E-state index in [1.165, 1.54) is 19.0 Å². The fourth-order valence-electron chi connectivity index (χ4n) is 2.86. The van der Waals surface area contributed by atoms with Gasteiger partial charge in [-0.25, -0.2) is 4.39 Å². The van der Waals surface area contributed by atoms with Crippen LogP contribution in [0.4, 0.5) is 4.39 Å². The lowest BCUT2D eigenvalue weighted by Gasteiger charge is -2.32. The summed E-state index contributed by atoms with van der Waals surface area (Å²) < 4.78 is 14.6. The molecule has 0 aliphatic carbocycles. The molecule has 136 valence electrons. The van der Waals surface area contributed by atoms with Crippen molar-refractivity contribution in [2.24, 2.45) is 4.99 Å². The molecule has 0 saturated carbocycles. The molecule has 1 heterocycles. The third kappa shape index (κ3) is 6.84. The SMILES string of the molecule is CCCN1CCC(NC(=NC)NCc2cc(Br)ccc2F)CC1.I. The summed E-state index contributed by atoms with van der Waals surface area (Å²) in [6, 6.07) is 5.40. The highest BCUT2D eigenvalue weighted by Crippen LogP contribution is 2.15. The van der Waals surface area contributed by atoms with Crippen molar-refractivity contribution in [3.63, 3.8) is 0 Å². The summed E-state index contributed by atoms with van der Waals surface area (Å²) >= 11 is 3.37. The van der Waals surface area contributed by atoms with Gasteiger partial charge < -0.3 is 15.5 Å². The molecule has 24 heavy (non-hydrogen) atoms. The Kier molecular flexibility index (Phi) is 10.1. The van der Waals surface area contributed by atoms with E-state index in [-0.39, 0.29) is 29.8 Å². The second-order valence-electron chi connectivity index (χ2n) is 5.92. The van der Waals surface area contributed by atoms with Crippen LogP contribution in [0.5, 0.6) is 0 Å². The average molecular weight is 513 g/mol. The predicted molar refractivity (Wildman–Crippen MR) is 113 cm³/mol. The van der Waals surface area contributed by atoms with Crippen molar-refractivity contribution in [3.05, 3.63) is 34.1 Å². The van der Waals surface area contributed by atoms with Crippen LogP contribution in [0, 0.1) is 5.82 Å². The number of guanidine groups is 1. The molecule has 4 nitrogen and oxygen atoms in total. The number of halogens is 3. The maximum absolute atomic E-state index is 13.8. The molecule has 7 heteroatoms. The molecule has 0 amide bonds. The summed E-state index contributed by atoms with van der Waals surface area (Å²) in [7, 11) is 1.75. The monoisotopic (exact) mass is 512 g/mol. The van der Waals surface area contributed by atoms with E-state index in [0.29, 0.717) is 18.2 Å². The lowest BCUT2D eigenvalue weighted by molar-refractivity contribution is 0.206. The molecule has 0 aromatic heterocycles. The zero-order valence-electron chi connectivity index (χ0n) is 14.3. The van der Waals surface area contributed by atoms with Gasteiger partial charge in [-0.3, -0.25) is 4.99 Å². The predicted octanol–water partition coefficient (Wildman–Crippen LogP) is 3.75. The van der Waals surface area contributed by atoms with E-state index in [0.717, 1.165) is 36.4 Å². The van der Waals surface area contributed by atoms with Crippen LogP contribution in [0.2, 0.25) is 0 Å². The van der Waals surface area contributed by atoms with Crippen LogP contribution in [-0.2, 0) is 6.54 Å². The van der Waals surface area contributed by atoms with Crippen molar-refractivity contribution < 1.29 is 4.39 Å². The van der Waals surface area contributed by atoms with E-state index < -0.39 is 0 Å². The number of piperidine rings is 1. The van der Waals surface area contributed by atoms with Gasteiger partial charge in [0.2, 0.25) is 0 Å². The summed E-state index contributed by atoms with van der Waals surface area (Å²) in [5, 5.41) is 6.65. The lowest BCUT2D eigenvalue weighted by atomic mass is 10.1. The van der Waals surface area contributed by atoms with Crippen LogP contribution in [0.15, 0.2) is 27.7 Å². The second kappa shape index (κ2) is 11.3. The van der Waals surface area contributed by atoms with Crippen LogP contribution >= 0.6 is 39.9 Å². The molecular weight excluding hydrogens is 486 g/mol. The zero-order chi connectivity index (χ0) is 16.7. The Morgan fingerprint density at radius 1 is 1.38 bits per heavy atom. The third-order valence-electron chi connectivity index (χ3n) is 4.15. The largest absolute Gasteiger partial charge is 0.354 e. The molecule has 0 radical (unpaired) electrons. The molecule has 0 bridgehead atoms. The first kappa shape index (κ1) is 21.6. The van der Waals surface area contributed by atoms with Crippen molar-refractivity contribution in [1.29, 1.82) is 0 Å². The van der Waals surface area contributed by atoms with Crippen molar-refractivity contribution in [1.82, 2.24) is 15.5 Å². The van der Waals surface area contributed by atoms with Crippen LogP contribution in [-0.4, -0.2) is 43.6 Å². The summed E-state index contributed by atoms with van der Waals surface area (Å²) in [5.41, 5.74) is 0.625. The van der Waals surface area contributed by atoms with Gasteiger partial charge in [-0.2, -0.15) is 0 Å². The number of hydrogen-bond donors (Lipinski definition) is 2. The number of hydrogen-bond acceptors (Lipinski definition) is 2. The molecule has 2 N–H and O–H groups in total. The van der Waals surface area contributed by atoms with Crippen LogP contribution < -0.4 is 10.6 Å². The van der Waals surface area contributed by atoms with E-state index in [1.807, 2.05) is 0 Å². The first-order chi connectivity index (χ1) is 11.1. The van der Waals surface area contributed by atoms with Crippen LogP contribution in [0.3, 0.4) is 0 Å². The minimum atomic E-state index is -0.205. The van der Waals surface area contributed by atoms with Gasteiger partial charge >= 0.3 is 0 Å². The Morgan fingerprint density at radius 3 is 2.71 bits per heavy atom. The summed E-state index contributed by atoms with van der Waals surface area (Å²) in [6.07, 6.45) is 3.44. The molecule has 1 aromatic carbocycles. The van der Waals surface area contributed by atoms with Crippen LogP contribution in [0.25, 0.3) is 0 Å². The number of benzene rings is 1. The van der Waals surface area contributed by atoms with Gasteiger partial charge in [-0.15, -0.1) is 24.0 Å². The fraction of sp³-hybridized carbons (Fsp3) is 0.588. The quantitative estimate of drug-likeness (QED) is 0.358. The number of likely N-dealkylation sites (tertiary alicyclic amines) is 1. The topological polar surface area (TPSA) is 39.7 Å². The summed E-state index contributed by atoms with van der Waals surface area (Å²) in [5.74, 6) is 0.530. The fourth-order valence-corrected chi connectivity index (χ4v) is 3.27. The lowest BCUT2D eigenvalue weighted by Crippen LogP contribution is -2.48. The van der Waals surface area contributed by atoms with Gasteiger partial charge in [0.05, 0.1) is 0 Å². The van der Waals surface area contributed by atoms with Crippen molar-refractivity contribution >= 4 is 45.9 Å². The van der Waals surface area contributed by atoms with Gasteiger partial charge in [0.15, 0.2) is 5.96 Å². The molecule has 2 rings (SSSR count). The standard InChI is InChI=1S/C17H26BrFN4.HI/c1-3-8-23-9-6-15(7-10-23)22-17(20-2)21-12-13-11-14(18)4-5-16(13)19;/h4-5,11,15H,3,6-10,12H2,1-2H3,(H2,20,21,22);1H. The first-order valence-corrected chi connectivity index (χ1v) is 9.05. The highest BCUT2D eigenvalue weighted by Gasteiger charge is 2.19. The molecule has 1 aliphatic rings. The normalized spacial score (nSPS) is 16.6. The molecule has 0 unspecified atom stereocenters. The molecule has 1 aromatic rings. The van der Waals surface area contributed by atoms with Crippen molar-refractivity contribution in [2.75, 3.05) is 26.7 Å². The third-order valence-corrected chi connectivity index (χ3v) is 4.64. The molecule has 1 aliphatic heterocycles. The summed E-state index contributed by atoms with van der Waals surface area (Å²) in [6.45, 7) is 6.07. The molecule has 1 saturated heterocycles. The number of nitrogens with zero attached hydrogens (tertiary/aromatic N) is 2. The Morgan fingerprint density at radius 2 is 2.08 bits per heavy atom. The van der Waals surface area contributed by atoms with Gasteiger partial charge in [-0.1, -0.05) is 22.9 Å². The molecule has 0 atom stereocenters. The second-order valence-corrected chi connectivity index (χ2v) is 6.84. The van der Waals surface area contributed by atoms with Gasteiger partial charge in [0.1, 0.15) is 5.82 Å². The Balaban J connectivity index is 0.00000288. The van der Waals surface area contributed by atoms with E-state index >= 15 is 0 Å². The van der Waals surface area contributed by atoms with Crippen molar-refractivity contribution in [3.8, 4) is 0 Å². The molecule has 1 fully saturated rings. The van der Waals surface area contributed by atoms with E-state index in [4.69, 9.17) is 0 Å². The van der Waals surface area contributed by atoms with Crippen molar-refractivity contribution in [2.45, 2.75) is 38.8 Å². The maximum atomic E-state index is 13.8. The van der Waals surface area contributed by atoms with Gasteiger partial charge in [-0.05, 0) is 44.0 Å². The zero-order valence-corrected chi connectivity index (χ0v) is 18.2. The molecular formula is C17H27BrFIN4. The van der Waals surface area contributed by atoms with Crippen LogP contribution in [0.1, 0.15) is 31.7 Å². The van der Waals surface area contributed by atoms with E-state index in [2.05, 4.69) is 43.4 Å². The highest BCUT2D eigenvalue weighted by molar-refractivity contribution is 14.0. The van der Waals surface area contributed by atoms with Gasteiger partial charge in [0, 0.05) is 42.8 Å². The number of aliphatic imine (C=N–C) groups is 1. The van der Waals surface area contributed by atoms with E-state index in [1.54, 1.807) is 19.2 Å². The van der Waals surface area contributed by atoms with Gasteiger partial charge in [0.25, 0.3) is 0 Å². The number of nitrogens with one attached hydrogen (secondary N) is 2. The average Bonchev–Trinajstić information content (AvgIpc) is 2.56. The highest BCUT2D eigenvalue weighted by atomic mass is 127. The first-order valence-electron chi connectivity index (χ1n) is 8.25. The van der Waals surface area contributed by atoms with E-state index in [9.17, 15) is 4.39 Å². The minimum Gasteiger partial charge on any atom is -0.354 e. The summed E-state index contributed by atoms with van der Waals surface area (Å²) in [4.78, 5) is 6.76. The molecule has 0 spiro atoms. The Labute approximate surface area is 169 Å². The Hall–Kier alpha value is -0.410. The minimum absolute atomic E-state index is 0.